The van der Waals surface area contributed by atoms with Gasteiger partial charge in [-0.25, -0.2) is 13.5 Å². The van der Waals surface area contributed by atoms with Crippen LogP contribution in [0.4, 0.5) is 14.5 Å². The summed E-state index contributed by atoms with van der Waals surface area (Å²) in [7, 11) is 0. The lowest BCUT2D eigenvalue weighted by atomic mass is 9.73. The van der Waals surface area contributed by atoms with Crippen LogP contribution in [0.25, 0.3) is 16.7 Å². The number of halogens is 2. The molecule has 27 heavy (non-hydrogen) atoms. The molecule has 5 rings (SSSR count). The maximum absolute atomic E-state index is 14.3. The number of fused-ring (bicyclic) bond motifs is 1. The van der Waals surface area contributed by atoms with Crippen molar-refractivity contribution in [3.63, 3.8) is 0 Å². The van der Waals surface area contributed by atoms with Gasteiger partial charge in [-0.1, -0.05) is 5.21 Å². The molecule has 6 nitrogen and oxygen atoms in total. The van der Waals surface area contributed by atoms with Gasteiger partial charge in [0.15, 0.2) is 17.4 Å². The van der Waals surface area contributed by atoms with Crippen LogP contribution in [0, 0.1) is 17.0 Å². The summed E-state index contributed by atoms with van der Waals surface area (Å²) in [6.07, 6.45) is 2.21. The minimum Gasteiger partial charge on any atom is -0.503 e. The Balaban J connectivity index is 1.41. The van der Waals surface area contributed by atoms with Crippen LogP contribution in [0.1, 0.15) is 12.8 Å². The van der Waals surface area contributed by atoms with Crippen LogP contribution in [0.5, 0.6) is 5.75 Å². The molecule has 3 aromatic rings. The highest BCUT2D eigenvalue weighted by atomic mass is 19.1. The topological polar surface area (TPSA) is 63.4 Å². The van der Waals surface area contributed by atoms with E-state index in [1.54, 1.807) is 0 Å². The van der Waals surface area contributed by atoms with Gasteiger partial charge in [0.05, 0.1) is 5.69 Å². The molecule has 2 fully saturated rings. The van der Waals surface area contributed by atoms with E-state index in [0.717, 1.165) is 50.9 Å². The van der Waals surface area contributed by atoms with Gasteiger partial charge in [-0.3, -0.25) is 0 Å². The van der Waals surface area contributed by atoms with Crippen LogP contribution >= 0.6 is 0 Å². The first-order chi connectivity index (χ1) is 13.1. The third-order valence-electron chi connectivity index (χ3n) is 5.67. The lowest BCUT2D eigenvalue weighted by molar-refractivity contribution is -0.000190. The molecule has 2 aromatic carbocycles. The second kappa shape index (κ2) is 5.88. The molecule has 2 aliphatic heterocycles. The molecule has 0 aliphatic carbocycles. The first-order valence-corrected chi connectivity index (χ1v) is 8.92. The molecular formula is C19H18F2N4O2. The summed E-state index contributed by atoms with van der Waals surface area (Å²) in [6.45, 7) is 3.71. The number of phenolic OH excluding ortho intramolecular Hbond substituents is 1. The largest absolute Gasteiger partial charge is 0.503 e. The highest BCUT2D eigenvalue weighted by molar-refractivity contribution is 5.79. The second-order valence-corrected chi connectivity index (χ2v) is 7.37. The van der Waals surface area contributed by atoms with Gasteiger partial charge >= 0.3 is 0 Å². The van der Waals surface area contributed by atoms with Gasteiger partial charge in [-0.15, -0.1) is 5.10 Å². The van der Waals surface area contributed by atoms with Gasteiger partial charge in [-0.05, 0) is 37.1 Å². The molecule has 0 radical (unpaired) electrons. The van der Waals surface area contributed by atoms with Gasteiger partial charge in [0.2, 0.25) is 0 Å². The molecule has 2 aliphatic rings. The number of anilines is 1. The lowest BCUT2D eigenvalue weighted by Crippen LogP contribution is -2.58. The van der Waals surface area contributed by atoms with Gasteiger partial charge in [0.25, 0.3) is 0 Å². The van der Waals surface area contributed by atoms with Crippen molar-refractivity contribution in [1.29, 1.82) is 0 Å². The molecular weight excluding hydrogens is 354 g/mol. The molecule has 3 heterocycles. The Bertz CT molecular complexity index is 1000. The highest BCUT2D eigenvalue weighted by Crippen LogP contribution is 2.42. The Hall–Kier alpha value is -2.74. The van der Waals surface area contributed by atoms with Crippen molar-refractivity contribution < 1.29 is 18.6 Å². The maximum atomic E-state index is 14.3. The van der Waals surface area contributed by atoms with Crippen LogP contribution in [-0.4, -0.2) is 46.4 Å². The first kappa shape index (κ1) is 16.4. The summed E-state index contributed by atoms with van der Waals surface area (Å²) in [5.74, 6) is -3.14. The Morgan fingerprint density at radius 1 is 1.04 bits per heavy atom. The van der Waals surface area contributed by atoms with Crippen molar-refractivity contribution in [1.82, 2.24) is 15.0 Å². The zero-order chi connectivity index (χ0) is 18.6. The fourth-order valence-corrected chi connectivity index (χ4v) is 4.05. The van der Waals surface area contributed by atoms with E-state index in [0.29, 0.717) is 11.1 Å². The number of hydrogen-bond acceptors (Lipinski definition) is 5. The zero-order valence-corrected chi connectivity index (χ0v) is 14.5. The van der Waals surface area contributed by atoms with Crippen LogP contribution in [-0.2, 0) is 4.74 Å². The lowest BCUT2D eigenvalue weighted by Gasteiger charge is -2.53. The third kappa shape index (κ3) is 2.55. The highest BCUT2D eigenvalue weighted by Gasteiger charge is 2.43. The fourth-order valence-electron chi connectivity index (χ4n) is 4.05. The number of aromatic nitrogens is 3. The van der Waals surface area contributed by atoms with Crippen molar-refractivity contribution in [2.24, 2.45) is 5.41 Å². The smallest absolute Gasteiger partial charge is 0.195 e. The Morgan fingerprint density at radius 3 is 2.41 bits per heavy atom. The van der Waals surface area contributed by atoms with E-state index in [1.807, 2.05) is 24.3 Å². The SMILES string of the molecule is Oc1c(F)cc2nnn(-c3ccc(N4CC5(CCOCC5)C4)cc3)c2c1F. The monoisotopic (exact) mass is 372 g/mol. The normalized spacial score (nSPS) is 18.8. The van der Waals surface area contributed by atoms with E-state index in [1.165, 1.54) is 4.68 Å². The van der Waals surface area contributed by atoms with Crippen molar-refractivity contribution in [2.75, 3.05) is 31.2 Å². The van der Waals surface area contributed by atoms with Crippen molar-refractivity contribution in [2.45, 2.75) is 12.8 Å². The number of benzene rings is 2. The van der Waals surface area contributed by atoms with E-state index in [9.17, 15) is 13.9 Å². The second-order valence-electron chi connectivity index (χ2n) is 7.37. The standard InChI is InChI=1S/C19H18F2N4O2/c20-14-9-15-17(16(21)18(14)26)25(23-22-15)13-3-1-12(2-4-13)24-10-19(11-24)5-7-27-8-6-19/h1-4,9,26H,5-8,10-11H2. The average Bonchev–Trinajstić information content (AvgIpc) is 3.09. The molecule has 2 saturated heterocycles. The summed E-state index contributed by atoms with van der Waals surface area (Å²) in [5.41, 5.74) is 2.06. The van der Waals surface area contributed by atoms with Crippen molar-refractivity contribution in [3.05, 3.63) is 42.0 Å². The van der Waals surface area contributed by atoms with Crippen molar-refractivity contribution >= 4 is 16.7 Å². The predicted molar refractivity (Wildman–Crippen MR) is 95.1 cm³/mol. The van der Waals surface area contributed by atoms with E-state index in [2.05, 4.69) is 15.2 Å². The quantitative estimate of drug-likeness (QED) is 0.749. The molecule has 0 saturated carbocycles. The number of rotatable bonds is 2. The number of aromatic hydroxyl groups is 1. The van der Waals surface area contributed by atoms with E-state index >= 15 is 0 Å². The predicted octanol–water partition coefficient (Wildman–Crippen LogP) is 3.02. The molecule has 8 heteroatoms. The van der Waals surface area contributed by atoms with Crippen molar-refractivity contribution in [3.8, 4) is 11.4 Å². The van der Waals surface area contributed by atoms with Crippen LogP contribution in [0.3, 0.4) is 0 Å². The van der Waals surface area contributed by atoms with Gasteiger partial charge in [0, 0.05) is 43.5 Å². The Kier molecular flexibility index (Phi) is 3.58. The van der Waals surface area contributed by atoms with Crippen LogP contribution in [0.2, 0.25) is 0 Å². The molecule has 1 aromatic heterocycles. The molecule has 0 bridgehead atoms. The molecule has 1 N–H and O–H groups in total. The fraction of sp³-hybridized carbons (Fsp3) is 0.368. The number of ether oxygens (including phenoxy) is 1. The molecule has 0 unspecified atom stereocenters. The maximum Gasteiger partial charge on any atom is 0.195 e. The van der Waals surface area contributed by atoms with Gasteiger partial charge in [0.1, 0.15) is 11.0 Å². The van der Waals surface area contributed by atoms with Gasteiger partial charge < -0.3 is 14.7 Å². The summed E-state index contributed by atoms with van der Waals surface area (Å²) in [4.78, 5) is 2.32. The van der Waals surface area contributed by atoms with Crippen LogP contribution < -0.4 is 4.90 Å². The summed E-state index contributed by atoms with van der Waals surface area (Å²) in [5, 5.41) is 17.2. The molecule has 1 spiro atoms. The first-order valence-electron chi connectivity index (χ1n) is 8.92. The Labute approximate surface area is 154 Å². The van der Waals surface area contributed by atoms with E-state index in [4.69, 9.17) is 4.74 Å². The Morgan fingerprint density at radius 2 is 1.70 bits per heavy atom. The summed E-state index contributed by atoms with van der Waals surface area (Å²) in [6, 6.07) is 8.52. The third-order valence-corrected chi connectivity index (χ3v) is 5.67. The molecule has 0 amide bonds. The number of nitrogens with zero attached hydrogens (tertiary/aromatic N) is 4. The van der Waals surface area contributed by atoms with Crippen LogP contribution in [0.15, 0.2) is 30.3 Å². The molecule has 140 valence electrons. The zero-order valence-electron chi connectivity index (χ0n) is 14.5. The average molecular weight is 372 g/mol. The van der Waals surface area contributed by atoms with E-state index < -0.39 is 17.4 Å². The number of hydrogen-bond donors (Lipinski definition) is 1. The minimum absolute atomic E-state index is 0.0493. The molecule has 0 atom stereocenters. The summed E-state index contributed by atoms with van der Waals surface area (Å²) < 4.78 is 34.5. The van der Waals surface area contributed by atoms with E-state index in [-0.39, 0.29) is 11.0 Å². The van der Waals surface area contributed by atoms with Gasteiger partial charge in [-0.2, -0.15) is 0 Å². The number of phenols is 1. The minimum atomic E-state index is -1.07. The summed E-state index contributed by atoms with van der Waals surface area (Å²) >= 11 is 0.